The molecule has 2 heterocycles. The number of benzene rings is 1. The van der Waals surface area contributed by atoms with Crippen molar-refractivity contribution in [2.24, 2.45) is 0 Å². The summed E-state index contributed by atoms with van der Waals surface area (Å²) in [6, 6.07) is 8.58. The lowest BCUT2D eigenvalue weighted by Crippen LogP contribution is -2.10. The first-order valence-electron chi connectivity index (χ1n) is 8.07. The third kappa shape index (κ3) is 3.84. The second-order valence-corrected chi connectivity index (χ2v) is 6.23. The highest BCUT2D eigenvalue weighted by Crippen LogP contribution is 2.30. The molecule has 0 radical (unpaired) electrons. The van der Waals surface area contributed by atoms with E-state index in [-0.39, 0.29) is 12.0 Å². The van der Waals surface area contributed by atoms with Crippen molar-refractivity contribution in [1.29, 1.82) is 0 Å². The highest BCUT2D eigenvalue weighted by atomic mass is 19.4. The molecule has 0 atom stereocenters. The van der Waals surface area contributed by atoms with E-state index in [1.807, 2.05) is 49.7 Å². The van der Waals surface area contributed by atoms with Crippen LogP contribution < -0.4 is 5.32 Å². The smallest absolute Gasteiger partial charge is 0.324 e. The van der Waals surface area contributed by atoms with E-state index >= 15 is 0 Å². The van der Waals surface area contributed by atoms with Gasteiger partial charge in [0.1, 0.15) is 5.69 Å². The van der Waals surface area contributed by atoms with E-state index in [2.05, 4.69) is 20.4 Å². The maximum absolute atomic E-state index is 12.8. The fourth-order valence-electron chi connectivity index (χ4n) is 2.66. The molecule has 0 unspecified atom stereocenters. The number of hydrogen-bond acceptors (Lipinski definition) is 4. The van der Waals surface area contributed by atoms with Gasteiger partial charge < -0.3 is 5.32 Å². The van der Waals surface area contributed by atoms with Crippen molar-refractivity contribution in [3.05, 3.63) is 54.0 Å². The Hall–Kier alpha value is -2.90. The van der Waals surface area contributed by atoms with Crippen LogP contribution in [0.2, 0.25) is 0 Å². The molecule has 1 N–H and O–H groups in total. The first kappa shape index (κ1) is 17.9. The van der Waals surface area contributed by atoms with Gasteiger partial charge in [-0.05, 0) is 56.7 Å². The molecule has 0 aliphatic carbocycles. The lowest BCUT2D eigenvalue weighted by Gasteiger charge is -2.14. The van der Waals surface area contributed by atoms with Crippen LogP contribution in [0.3, 0.4) is 0 Å². The number of rotatable bonds is 4. The zero-order valence-electron chi connectivity index (χ0n) is 14.5. The minimum atomic E-state index is -4.51. The number of alkyl halides is 3. The Morgan fingerprint density at radius 2 is 1.85 bits per heavy atom. The zero-order valence-corrected chi connectivity index (χ0v) is 14.5. The van der Waals surface area contributed by atoms with Gasteiger partial charge in [0.15, 0.2) is 0 Å². The van der Waals surface area contributed by atoms with E-state index in [9.17, 15) is 13.2 Å². The molecule has 0 aliphatic heterocycles. The summed E-state index contributed by atoms with van der Waals surface area (Å²) in [4.78, 5) is 7.42. The Labute approximate surface area is 148 Å². The predicted octanol–water partition coefficient (Wildman–Crippen LogP) is 4.99. The summed E-state index contributed by atoms with van der Waals surface area (Å²) in [5.74, 6) is -0.103. The summed E-state index contributed by atoms with van der Waals surface area (Å²) in [5.41, 5.74) is 2.41. The van der Waals surface area contributed by atoms with Crippen molar-refractivity contribution in [2.45, 2.75) is 33.0 Å². The van der Waals surface area contributed by atoms with Crippen LogP contribution in [0.15, 0.2) is 42.7 Å². The number of aromatic nitrogens is 4. The average molecular weight is 361 g/mol. The van der Waals surface area contributed by atoms with Crippen LogP contribution in [0, 0.1) is 6.92 Å². The van der Waals surface area contributed by atoms with E-state index in [0.29, 0.717) is 5.69 Å². The molecule has 5 nitrogen and oxygen atoms in total. The zero-order chi connectivity index (χ0) is 18.9. The summed E-state index contributed by atoms with van der Waals surface area (Å²) < 4.78 is 40.3. The van der Waals surface area contributed by atoms with Gasteiger partial charge in [0, 0.05) is 29.7 Å². The van der Waals surface area contributed by atoms with Crippen molar-refractivity contribution < 1.29 is 13.2 Å². The summed E-state index contributed by atoms with van der Waals surface area (Å²) in [7, 11) is 0. The largest absolute Gasteiger partial charge is 0.433 e. The molecule has 0 spiro atoms. The fraction of sp³-hybridized carbons (Fsp3) is 0.278. The molecular formula is C18H18F3N5. The fourth-order valence-corrected chi connectivity index (χ4v) is 2.66. The summed E-state index contributed by atoms with van der Waals surface area (Å²) >= 11 is 0. The lowest BCUT2D eigenvalue weighted by atomic mass is 10.1. The van der Waals surface area contributed by atoms with Crippen molar-refractivity contribution in [2.75, 3.05) is 5.32 Å². The molecule has 0 saturated carbocycles. The maximum Gasteiger partial charge on any atom is 0.433 e. The van der Waals surface area contributed by atoms with Gasteiger partial charge >= 0.3 is 6.18 Å². The van der Waals surface area contributed by atoms with Gasteiger partial charge in [0.2, 0.25) is 5.95 Å². The van der Waals surface area contributed by atoms with E-state index in [4.69, 9.17) is 0 Å². The van der Waals surface area contributed by atoms with Crippen molar-refractivity contribution in [1.82, 2.24) is 19.7 Å². The number of anilines is 2. The molecule has 26 heavy (non-hydrogen) atoms. The van der Waals surface area contributed by atoms with Gasteiger partial charge in [-0.25, -0.2) is 9.97 Å². The molecule has 1 aromatic carbocycles. The Bertz CT molecular complexity index is 915. The molecule has 0 aliphatic rings. The third-order valence-electron chi connectivity index (χ3n) is 3.73. The lowest BCUT2D eigenvalue weighted by molar-refractivity contribution is -0.141. The minimum Gasteiger partial charge on any atom is -0.324 e. The molecule has 0 amide bonds. The van der Waals surface area contributed by atoms with Gasteiger partial charge in [-0.1, -0.05) is 0 Å². The molecular weight excluding hydrogens is 343 g/mol. The molecule has 3 aromatic rings. The van der Waals surface area contributed by atoms with E-state index < -0.39 is 11.9 Å². The summed E-state index contributed by atoms with van der Waals surface area (Å²) in [5, 5.41) is 7.18. The van der Waals surface area contributed by atoms with Crippen LogP contribution in [0.5, 0.6) is 0 Å². The number of nitrogens with zero attached hydrogens (tertiary/aromatic N) is 4. The number of halogens is 3. The number of nitrogens with one attached hydrogen (secondary N) is 1. The summed E-state index contributed by atoms with van der Waals surface area (Å²) in [6.45, 7) is 5.97. The molecule has 2 aromatic heterocycles. The van der Waals surface area contributed by atoms with Gasteiger partial charge in [-0.15, -0.1) is 0 Å². The van der Waals surface area contributed by atoms with Gasteiger partial charge in [0.25, 0.3) is 0 Å². The Morgan fingerprint density at radius 1 is 1.08 bits per heavy atom. The predicted molar refractivity (Wildman–Crippen MR) is 93.1 cm³/mol. The van der Waals surface area contributed by atoms with Gasteiger partial charge in [0.05, 0.1) is 5.69 Å². The Balaban J connectivity index is 1.95. The van der Waals surface area contributed by atoms with Crippen molar-refractivity contribution in [3.8, 4) is 11.3 Å². The minimum absolute atomic E-state index is 0.103. The van der Waals surface area contributed by atoms with Crippen molar-refractivity contribution in [3.63, 3.8) is 0 Å². The van der Waals surface area contributed by atoms with Crippen LogP contribution in [-0.4, -0.2) is 19.7 Å². The molecule has 136 valence electrons. The molecule has 0 saturated heterocycles. The third-order valence-corrected chi connectivity index (χ3v) is 3.73. The van der Waals surface area contributed by atoms with Crippen LogP contribution in [0.4, 0.5) is 24.8 Å². The van der Waals surface area contributed by atoms with Crippen molar-refractivity contribution >= 4 is 11.6 Å². The maximum atomic E-state index is 12.8. The molecule has 0 bridgehead atoms. The first-order chi connectivity index (χ1) is 12.2. The van der Waals surface area contributed by atoms with Crippen LogP contribution in [0.25, 0.3) is 11.3 Å². The van der Waals surface area contributed by atoms with E-state index in [1.165, 1.54) is 0 Å². The monoisotopic (exact) mass is 361 g/mol. The second-order valence-electron chi connectivity index (χ2n) is 6.23. The SMILES string of the molecule is Cc1cc(Nc2nccc(C(F)(F)F)n2)cc(-c2ccnn2C(C)C)c1. The summed E-state index contributed by atoms with van der Waals surface area (Å²) in [6.07, 6.45) is -1.70. The quantitative estimate of drug-likeness (QED) is 0.711. The highest BCUT2D eigenvalue weighted by Gasteiger charge is 2.32. The van der Waals surface area contributed by atoms with Gasteiger partial charge in [-0.2, -0.15) is 18.3 Å². The number of aryl methyl sites for hydroxylation is 1. The normalized spacial score (nSPS) is 11.8. The molecule has 8 heteroatoms. The molecule has 3 rings (SSSR count). The average Bonchev–Trinajstić information content (AvgIpc) is 3.03. The van der Waals surface area contributed by atoms with Crippen LogP contribution in [0.1, 0.15) is 31.1 Å². The topological polar surface area (TPSA) is 55.6 Å². The Kier molecular flexibility index (Phi) is 4.67. The van der Waals surface area contributed by atoms with E-state index in [0.717, 1.165) is 29.1 Å². The van der Waals surface area contributed by atoms with Crippen LogP contribution >= 0.6 is 0 Å². The van der Waals surface area contributed by atoms with E-state index in [1.54, 1.807) is 6.20 Å². The highest BCUT2D eigenvalue weighted by molar-refractivity contribution is 5.68. The second kappa shape index (κ2) is 6.78. The number of hydrogen-bond donors (Lipinski definition) is 1. The van der Waals surface area contributed by atoms with Crippen LogP contribution in [-0.2, 0) is 6.18 Å². The standard InChI is InChI=1S/C18H18F3N5/c1-11(2)26-15(4-7-23-26)13-8-12(3)9-14(10-13)24-17-22-6-5-16(25-17)18(19,20)21/h4-11H,1-3H3,(H,22,24,25). The molecule has 0 fully saturated rings. The van der Waals surface area contributed by atoms with Gasteiger partial charge in [-0.3, -0.25) is 4.68 Å². The first-order valence-corrected chi connectivity index (χ1v) is 8.07. The Morgan fingerprint density at radius 3 is 2.54 bits per heavy atom.